The number of aromatic nitrogens is 2. The molecule has 0 saturated carbocycles. The van der Waals surface area contributed by atoms with Gasteiger partial charge in [0.1, 0.15) is 5.52 Å². The van der Waals surface area contributed by atoms with Crippen molar-refractivity contribution in [3.63, 3.8) is 0 Å². The zero-order valence-corrected chi connectivity index (χ0v) is 22.6. The molecule has 8 aromatic rings. The molecule has 0 aliphatic rings. The number of oxazole rings is 1. The molecule has 194 valence electrons. The topological polar surface area (TPSA) is 31.0 Å². The Kier molecular flexibility index (Phi) is 5.36. The SMILES string of the molecule is Cc1ccc(-n2c3ccc(-c4ccccc4)cc3c3cc(-c4ccccc4-c4nc5ccccc5o4)ccc32)cc1. The van der Waals surface area contributed by atoms with Gasteiger partial charge in [0.25, 0.3) is 0 Å². The Morgan fingerprint density at radius 2 is 1.17 bits per heavy atom. The van der Waals surface area contributed by atoms with E-state index in [1.165, 1.54) is 38.5 Å². The fourth-order valence-corrected chi connectivity index (χ4v) is 5.88. The van der Waals surface area contributed by atoms with E-state index in [-0.39, 0.29) is 0 Å². The van der Waals surface area contributed by atoms with Crippen molar-refractivity contribution in [1.29, 1.82) is 0 Å². The first kappa shape index (κ1) is 23.5. The van der Waals surface area contributed by atoms with Gasteiger partial charge in [0.05, 0.1) is 11.0 Å². The summed E-state index contributed by atoms with van der Waals surface area (Å²) in [5.41, 5.74) is 12.0. The predicted octanol–water partition coefficient (Wildman–Crippen LogP) is 10.2. The van der Waals surface area contributed by atoms with Crippen molar-refractivity contribution in [1.82, 2.24) is 9.55 Å². The first-order valence-corrected chi connectivity index (χ1v) is 13.9. The fourth-order valence-electron chi connectivity index (χ4n) is 5.88. The van der Waals surface area contributed by atoms with E-state index in [1.54, 1.807) is 0 Å². The maximum atomic E-state index is 6.20. The average Bonchev–Trinajstić information content (AvgIpc) is 3.61. The van der Waals surface area contributed by atoms with Crippen LogP contribution in [0, 0.1) is 6.92 Å². The van der Waals surface area contributed by atoms with Crippen molar-refractivity contribution in [2.24, 2.45) is 0 Å². The molecule has 0 bridgehead atoms. The van der Waals surface area contributed by atoms with Crippen LogP contribution >= 0.6 is 0 Å². The molecule has 0 spiro atoms. The van der Waals surface area contributed by atoms with Gasteiger partial charge in [0.2, 0.25) is 5.89 Å². The largest absolute Gasteiger partial charge is 0.436 e. The number of hydrogen-bond donors (Lipinski definition) is 0. The Labute approximate surface area is 238 Å². The lowest BCUT2D eigenvalue weighted by molar-refractivity contribution is 0.620. The molecular formula is C38H26N2O. The van der Waals surface area contributed by atoms with E-state index in [9.17, 15) is 0 Å². The molecule has 0 atom stereocenters. The zero-order chi connectivity index (χ0) is 27.3. The lowest BCUT2D eigenvalue weighted by Crippen LogP contribution is -1.94. The van der Waals surface area contributed by atoms with Crippen molar-refractivity contribution >= 4 is 32.9 Å². The van der Waals surface area contributed by atoms with E-state index in [4.69, 9.17) is 9.40 Å². The summed E-state index contributed by atoms with van der Waals surface area (Å²) in [6, 6.07) is 49.2. The minimum atomic E-state index is 0.635. The fraction of sp³-hybridized carbons (Fsp3) is 0.0263. The van der Waals surface area contributed by atoms with Gasteiger partial charge >= 0.3 is 0 Å². The lowest BCUT2D eigenvalue weighted by Gasteiger charge is -2.10. The van der Waals surface area contributed by atoms with E-state index in [0.29, 0.717) is 5.89 Å². The van der Waals surface area contributed by atoms with Crippen LogP contribution in [0.4, 0.5) is 0 Å². The zero-order valence-electron chi connectivity index (χ0n) is 22.6. The molecule has 0 radical (unpaired) electrons. The Balaban J connectivity index is 1.37. The van der Waals surface area contributed by atoms with E-state index in [0.717, 1.165) is 33.5 Å². The standard InChI is InChI=1S/C38H26N2O/c1-25-15-19-29(20-16-25)40-35-21-17-27(26-9-3-2-4-10-26)23-32(35)33-24-28(18-22-36(33)40)30-11-5-6-12-31(30)38-39-34-13-7-8-14-37(34)41-38/h2-24H,1H3. The van der Waals surface area contributed by atoms with Gasteiger partial charge in [0.15, 0.2) is 5.58 Å². The number of benzene rings is 6. The Morgan fingerprint density at radius 3 is 1.93 bits per heavy atom. The Morgan fingerprint density at radius 1 is 0.537 bits per heavy atom. The van der Waals surface area contributed by atoms with Crippen LogP contribution in [0.25, 0.3) is 72.3 Å². The molecule has 0 saturated heterocycles. The van der Waals surface area contributed by atoms with Crippen molar-refractivity contribution in [3.8, 4) is 39.4 Å². The monoisotopic (exact) mass is 526 g/mol. The van der Waals surface area contributed by atoms with Crippen LogP contribution in [0.5, 0.6) is 0 Å². The molecule has 0 amide bonds. The number of rotatable bonds is 4. The average molecular weight is 527 g/mol. The minimum Gasteiger partial charge on any atom is -0.436 e. The Bertz CT molecular complexity index is 2170. The van der Waals surface area contributed by atoms with Gasteiger partial charge < -0.3 is 8.98 Å². The van der Waals surface area contributed by atoms with E-state index in [1.807, 2.05) is 30.3 Å². The van der Waals surface area contributed by atoms with Gasteiger partial charge in [-0.15, -0.1) is 0 Å². The molecule has 8 rings (SSSR count). The Hall–Kier alpha value is -5.41. The number of para-hydroxylation sites is 2. The van der Waals surface area contributed by atoms with Crippen molar-refractivity contribution in [2.45, 2.75) is 6.92 Å². The minimum absolute atomic E-state index is 0.635. The molecule has 3 nitrogen and oxygen atoms in total. The van der Waals surface area contributed by atoms with Crippen LogP contribution in [-0.2, 0) is 0 Å². The van der Waals surface area contributed by atoms with Crippen LogP contribution in [0.1, 0.15) is 5.56 Å². The molecule has 2 aromatic heterocycles. The number of hydrogen-bond acceptors (Lipinski definition) is 2. The second-order valence-electron chi connectivity index (χ2n) is 10.5. The number of aryl methyl sites for hydroxylation is 1. The number of fused-ring (bicyclic) bond motifs is 4. The molecule has 41 heavy (non-hydrogen) atoms. The van der Waals surface area contributed by atoms with Crippen LogP contribution < -0.4 is 0 Å². The van der Waals surface area contributed by atoms with Crippen molar-refractivity contribution in [2.75, 3.05) is 0 Å². The summed E-state index contributed by atoms with van der Waals surface area (Å²) in [6.45, 7) is 2.13. The molecule has 0 aliphatic carbocycles. The highest BCUT2D eigenvalue weighted by atomic mass is 16.3. The first-order chi connectivity index (χ1) is 20.2. The van der Waals surface area contributed by atoms with Gasteiger partial charge in [0, 0.05) is 22.0 Å². The van der Waals surface area contributed by atoms with Crippen LogP contribution in [0.3, 0.4) is 0 Å². The third kappa shape index (κ3) is 3.94. The maximum Gasteiger partial charge on any atom is 0.227 e. The maximum absolute atomic E-state index is 6.20. The predicted molar refractivity (Wildman–Crippen MR) is 169 cm³/mol. The molecule has 0 N–H and O–H groups in total. The summed E-state index contributed by atoms with van der Waals surface area (Å²) >= 11 is 0. The summed E-state index contributed by atoms with van der Waals surface area (Å²) in [5, 5.41) is 2.44. The third-order valence-corrected chi connectivity index (χ3v) is 7.93. The normalized spacial score (nSPS) is 11.5. The summed E-state index contributed by atoms with van der Waals surface area (Å²) in [4.78, 5) is 4.81. The van der Waals surface area contributed by atoms with Gasteiger partial charge in [-0.05, 0) is 83.8 Å². The van der Waals surface area contributed by atoms with Crippen LogP contribution in [-0.4, -0.2) is 9.55 Å². The molecule has 2 heterocycles. The van der Waals surface area contributed by atoms with Gasteiger partial charge in [-0.3, -0.25) is 0 Å². The second-order valence-corrected chi connectivity index (χ2v) is 10.5. The van der Waals surface area contributed by atoms with E-state index >= 15 is 0 Å². The van der Waals surface area contributed by atoms with Crippen molar-refractivity contribution in [3.05, 3.63) is 145 Å². The van der Waals surface area contributed by atoms with E-state index in [2.05, 4.69) is 121 Å². The first-order valence-electron chi connectivity index (χ1n) is 13.9. The lowest BCUT2D eigenvalue weighted by atomic mass is 9.97. The third-order valence-electron chi connectivity index (χ3n) is 7.93. The second kappa shape index (κ2) is 9.35. The van der Waals surface area contributed by atoms with Crippen LogP contribution in [0.15, 0.2) is 144 Å². The summed E-state index contributed by atoms with van der Waals surface area (Å²) in [5.74, 6) is 0.635. The summed E-state index contributed by atoms with van der Waals surface area (Å²) in [6.07, 6.45) is 0. The van der Waals surface area contributed by atoms with E-state index < -0.39 is 0 Å². The molecule has 6 aromatic carbocycles. The molecule has 0 aliphatic heterocycles. The highest BCUT2D eigenvalue weighted by molar-refractivity contribution is 6.12. The molecule has 0 unspecified atom stereocenters. The van der Waals surface area contributed by atoms with Gasteiger partial charge in [-0.1, -0.05) is 90.5 Å². The molecule has 3 heteroatoms. The quantitative estimate of drug-likeness (QED) is 0.228. The highest BCUT2D eigenvalue weighted by Gasteiger charge is 2.17. The molecular weight excluding hydrogens is 500 g/mol. The number of nitrogens with zero attached hydrogens (tertiary/aromatic N) is 2. The van der Waals surface area contributed by atoms with Crippen LogP contribution in [0.2, 0.25) is 0 Å². The summed E-state index contributed by atoms with van der Waals surface area (Å²) < 4.78 is 8.57. The van der Waals surface area contributed by atoms with Crippen molar-refractivity contribution < 1.29 is 4.42 Å². The smallest absolute Gasteiger partial charge is 0.227 e. The van der Waals surface area contributed by atoms with Gasteiger partial charge in [-0.25, -0.2) is 4.98 Å². The molecule has 0 fully saturated rings. The van der Waals surface area contributed by atoms with Gasteiger partial charge in [-0.2, -0.15) is 0 Å². The highest BCUT2D eigenvalue weighted by Crippen LogP contribution is 2.39. The summed E-state index contributed by atoms with van der Waals surface area (Å²) in [7, 11) is 0.